The minimum Gasteiger partial charge on any atom is -0.504 e. The normalized spacial score (nSPS) is 42.0. The zero-order chi connectivity index (χ0) is 17.0. The fourth-order valence-electron chi connectivity index (χ4n) is 6.39. The van der Waals surface area contributed by atoms with Crippen LogP contribution in [0.25, 0.3) is 0 Å². The van der Waals surface area contributed by atoms with Crippen LogP contribution in [-0.4, -0.2) is 51.6 Å². The maximum Gasteiger partial charge on any atom is 0.165 e. The van der Waals surface area contributed by atoms with E-state index >= 15 is 0 Å². The Morgan fingerprint density at radius 3 is 2.92 bits per heavy atom. The SMILES string of the molecule is C=CCN1CCC23c4c5ccc(O)c4OC2C2(CCC3(O)C1C5)NN2. The molecule has 6 nitrogen and oxygen atoms in total. The van der Waals surface area contributed by atoms with Gasteiger partial charge in [-0.2, -0.15) is 0 Å². The van der Waals surface area contributed by atoms with Crippen molar-refractivity contribution in [3.8, 4) is 11.5 Å². The van der Waals surface area contributed by atoms with Crippen molar-refractivity contribution in [2.24, 2.45) is 0 Å². The van der Waals surface area contributed by atoms with Gasteiger partial charge in [-0.25, -0.2) is 10.9 Å². The highest BCUT2D eigenvalue weighted by Crippen LogP contribution is 2.67. The molecule has 2 aliphatic carbocycles. The Morgan fingerprint density at radius 1 is 1.32 bits per heavy atom. The van der Waals surface area contributed by atoms with Crippen LogP contribution in [0.2, 0.25) is 0 Å². The molecule has 2 saturated heterocycles. The highest BCUT2D eigenvalue weighted by Gasteiger charge is 2.78. The lowest BCUT2D eigenvalue weighted by Gasteiger charge is -2.63. The topological polar surface area (TPSA) is 96.8 Å². The first-order chi connectivity index (χ1) is 12.1. The van der Waals surface area contributed by atoms with Crippen LogP contribution >= 0.6 is 0 Å². The molecule has 25 heavy (non-hydrogen) atoms. The number of phenols is 1. The third-order valence-electron chi connectivity index (χ3n) is 7.48. The van der Waals surface area contributed by atoms with Gasteiger partial charge >= 0.3 is 0 Å². The van der Waals surface area contributed by atoms with Gasteiger partial charge in [-0.3, -0.25) is 4.90 Å². The minimum absolute atomic E-state index is 0.0597. The minimum atomic E-state index is -0.845. The molecule has 2 bridgehead atoms. The molecule has 4 atom stereocenters. The molecular formula is C19H23N3O3. The number of ether oxygens (including phenoxy) is 1. The molecule has 1 aromatic rings. The van der Waals surface area contributed by atoms with Gasteiger partial charge < -0.3 is 14.9 Å². The van der Waals surface area contributed by atoms with Crippen LogP contribution < -0.4 is 15.6 Å². The van der Waals surface area contributed by atoms with Crippen LogP contribution in [0.1, 0.15) is 30.4 Å². The van der Waals surface area contributed by atoms with E-state index in [4.69, 9.17) is 4.74 Å². The fourth-order valence-corrected chi connectivity index (χ4v) is 6.39. The molecule has 3 fully saturated rings. The van der Waals surface area contributed by atoms with Crippen LogP contribution in [0.5, 0.6) is 11.5 Å². The van der Waals surface area contributed by atoms with Crippen molar-refractivity contribution >= 4 is 0 Å². The number of hydrogen-bond acceptors (Lipinski definition) is 6. The molecule has 1 saturated carbocycles. The number of aromatic hydroxyl groups is 1. The number of phenolic OH excluding ortho intramolecular Hbond substituents is 1. The van der Waals surface area contributed by atoms with Crippen LogP contribution in [0.3, 0.4) is 0 Å². The third kappa shape index (κ3) is 1.41. The predicted molar refractivity (Wildman–Crippen MR) is 91.3 cm³/mol. The van der Waals surface area contributed by atoms with E-state index in [0.717, 1.165) is 44.3 Å². The molecule has 132 valence electrons. The first kappa shape index (κ1) is 14.6. The van der Waals surface area contributed by atoms with Crippen LogP contribution in [0, 0.1) is 0 Å². The van der Waals surface area contributed by atoms with Crippen LogP contribution in [-0.2, 0) is 11.8 Å². The Bertz CT molecular complexity index is 807. The molecule has 1 aromatic carbocycles. The van der Waals surface area contributed by atoms with Crippen molar-refractivity contribution in [3.05, 3.63) is 35.9 Å². The monoisotopic (exact) mass is 341 g/mol. The van der Waals surface area contributed by atoms with E-state index in [1.165, 1.54) is 5.56 Å². The smallest absolute Gasteiger partial charge is 0.165 e. The summed E-state index contributed by atoms with van der Waals surface area (Å²) in [7, 11) is 0. The molecule has 6 heteroatoms. The second-order valence-electron chi connectivity index (χ2n) is 8.32. The van der Waals surface area contributed by atoms with Crippen molar-refractivity contribution in [1.82, 2.24) is 15.8 Å². The van der Waals surface area contributed by atoms with Gasteiger partial charge in [0, 0.05) is 18.2 Å². The summed E-state index contributed by atoms with van der Waals surface area (Å²) in [5.41, 5.74) is 7.26. The molecule has 2 spiro atoms. The Hall–Kier alpha value is -1.60. The van der Waals surface area contributed by atoms with E-state index in [2.05, 4.69) is 22.3 Å². The molecule has 0 radical (unpaired) electrons. The summed E-state index contributed by atoms with van der Waals surface area (Å²) in [6, 6.07) is 3.81. The van der Waals surface area contributed by atoms with Crippen molar-refractivity contribution in [2.45, 2.75) is 54.5 Å². The molecule has 4 N–H and O–H groups in total. The van der Waals surface area contributed by atoms with Gasteiger partial charge in [0.1, 0.15) is 11.8 Å². The number of likely N-dealkylation sites (tertiary alicyclic amines) is 1. The largest absolute Gasteiger partial charge is 0.504 e. The molecule has 6 rings (SSSR count). The summed E-state index contributed by atoms with van der Waals surface area (Å²) < 4.78 is 6.37. The number of benzene rings is 1. The van der Waals surface area contributed by atoms with Crippen molar-refractivity contribution in [1.29, 1.82) is 0 Å². The van der Waals surface area contributed by atoms with Crippen molar-refractivity contribution in [3.63, 3.8) is 0 Å². The number of nitrogens with zero attached hydrogens (tertiary/aromatic N) is 1. The van der Waals surface area contributed by atoms with Gasteiger partial charge in [0.05, 0.1) is 11.0 Å². The number of aliphatic hydroxyl groups is 1. The first-order valence-electron chi connectivity index (χ1n) is 9.19. The molecule has 5 aliphatic rings. The van der Waals surface area contributed by atoms with Crippen molar-refractivity contribution in [2.75, 3.05) is 13.1 Å². The van der Waals surface area contributed by atoms with Crippen LogP contribution in [0.4, 0.5) is 0 Å². The summed E-state index contributed by atoms with van der Waals surface area (Å²) in [5, 5.41) is 22.5. The van der Waals surface area contributed by atoms with Gasteiger partial charge in [0.15, 0.2) is 11.5 Å². The van der Waals surface area contributed by atoms with E-state index in [1.807, 2.05) is 12.1 Å². The second kappa shape index (κ2) is 4.20. The maximum atomic E-state index is 12.1. The maximum absolute atomic E-state index is 12.1. The average Bonchev–Trinajstić information content (AvgIpc) is 3.27. The summed E-state index contributed by atoms with van der Waals surface area (Å²) in [6.07, 6.45) is 4.88. The van der Waals surface area contributed by atoms with Crippen molar-refractivity contribution < 1.29 is 14.9 Å². The van der Waals surface area contributed by atoms with Gasteiger partial charge in [-0.1, -0.05) is 12.1 Å². The fraction of sp³-hybridized carbons (Fsp3) is 0.579. The molecule has 3 heterocycles. The summed E-state index contributed by atoms with van der Waals surface area (Å²) in [5.74, 6) is 0.779. The first-order valence-corrected chi connectivity index (χ1v) is 9.19. The Balaban J connectivity index is 1.63. The Labute approximate surface area is 146 Å². The van der Waals surface area contributed by atoms with E-state index in [0.29, 0.717) is 5.75 Å². The third-order valence-corrected chi connectivity index (χ3v) is 7.48. The van der Waals surface area contributed by atoms with Gasteiger partial charge in [0.2, 0.25) is 0 Å². The number of fused-ring (bicyclic) bond motifs is 1. The van der Waals surface area contributed by atoms with Gasteiger partial charge in [0.25, 0.3) is 0 Å². The van der Waals surface area contributed by atoms with Crippen LogP contribution in [0.15, 0.2) is 24.8 Å². The number of rotatable bonds is 2. The lowest BCUT2D eigenvalue weighted by Crippen LogP contribution is -2.78. The number of piperidine rings is 1. The van der Waals surface area contributed by atoms with Gasteiger partial charge in [-0.15, -0.1) is 6.58 Å². The summed E-state index contributed by atoms with van der Waals surface area (Å²) in [4.78, 5) is 2.37. The standard InChI is InChI=1S/C19H23N3O3/c1-2-8-22-9-7-17-14-11-3-4-12(23)15(14)25-16(17)19(20-21-19)6-5-18(17,24)13(22)10-11/h2-4,13,16,20-21,23-24H,1,5-10H2. The highest BCUT2D eigenvalue weighted by molar-refractivity contribution is 5.63. The Morgan fingerprint density at radius 2 is 2.16 bits per heavy atom. The predicted octanol–water partition coefficient (Wildman–Crippen LogP) is 0.536. The zero-order valence-electron chi connectivity index (χ0n) is 14.1. The molecule has 4 unspecified atom stereocenters. The number of hydrazine groups is 1. The van der Waals surface area contributed by atoms with E-state index in [9.17, 15) is 10.2 Å². The molecule has 3 aliphatic heterocycles. The molecular weight excluding hydrogens is 318 g/mol. The average molecular weight is 341 g/mol. The lowest BCUT2D eigenvalue weighted by molar-refractivity contribution is -0.191. The van der Waals surface area contributed by atoms with E-state index < -0.39 is 11.0 Å². The highest BCUT2D eigenvalue weighted by atomic mass is 16.5. The molecule has 0 aromatic heterocycles. The number of nitrogens with one attached hydrogen (secondary N) is 2. The quantitative estimate of drug-likeness (QED) is 0.463. The van der Waals surface area contributed by atoms with Gasteiger partial charge in [-0.05, 0) is 43.9 Å². The van der Waals surface area contributed by atoms with E-state index in [1.54, 1.807) is 6.07 Å². The Kier molecular flexibility index (Phi) is 2.45. The summed E-state index contributed by atoms with van der Waals surface area (Å²) in [6.45, 7) is 5.59. The summed E-state index contributed by atoms with van der Waals surface area (Å²) >= 11 is 0. The zero-order valence-corrected chi connectivity index (χ0v) is 14.1. The van der Waals surface area contributed by atoms with E-state index in [-0.39, 0.29) is 23.6 Å². The second-order valence-corrected chi connectivity index (χ2v) is 8.32. The number of hydrogen-bond donors (Lipinski definition) is 4. The lowest BCUT2D eigenvalue weighted by atomic mass is 9.48. The molecule has 0 amide bonds.